The summed E-state index contributed by atoms with van der Waals surface area (Å²) in [5.74, 6) is -0.935. The van der Waals surface area contributed by atoms with Crippen molar-refractivity contribution in [1.29, 1.82) is 0 Å². The predicted octanol–water partition coefficient (Wildman–Crippen LogP) is 3.65. The van der Waals surface area contributed by atoms with Crippen LogP contribution in [-0.2, 0) is 0 Å². The second-order valence-corrected chi connectivity index (χ2v) is 3.98. The van der Waals surface area contributed by atoms with Crippen LogP contribution in [0.15, 0.2) is 17.0 Å². The smallest absolute Gasteiger partial charge is 0.258 e. The van der Waals surface area contributed by atoms with Gasteiger partial charge in [0.15, 0.2) is 0 Å². The van der Waals surface area contributed by atoms with Gasteiger partial charge in [-0.3, -0.25) is 10.1 Å². The Morgan fingerprint density at radius 2 is 1.94 bits per heavy atom. The van der Waals surface area contributed by atoms with E-state index in [0.717, 1.165) is 6.07 Å². The summed E-state index contributed by atoms with van der Waals surface area (Å²) in [7, 11) is 0. The zero-order valence-corrected chi connectivity index (χ0v) is 8.66. The first-order valence-electron chi connectivity index (χ1n) is 3.91. The van der Waals surface area contributed by atoms with Crippen LogP contribution in [0.5, 0.6) is 0 Å². The number of nitro groups is 1. The van der Waals surface area contributed by atoms with Crippen LogP contribution in [0.4, 0.5) is 23.2 Å². The molecular formula is C8H5F4NO2S. The van der Waals surface area contributed by atoms with Crippen LogP contribution in [0.2, 0.25) is 0 Å². The van der Waals surface area contributed by atoms with Crippen molar-refractivity contribution in [2.24, 2.45) is 0 Å². The summed E-state index contributed by atoms with van der Waals surface area (Å²) in [5.41, 5.74) is -5.55. The molecule has 0 aliphatic carbocycles. The van der Waals surface area contributed by atoms with E-state index in [1.54, 1.807) is 0 Å². The van der Waals surface area contributed by atoms with Gasteiger partial charge >= 0.3 is 5.51 Å². The van der Waals surface area contributed by atoms with Crippen molar-refractivity contribution in [3.05, 3.63) is 33.6 Å². The number of halogens is 4. The van der Waals surface area contributed by atoms with Gasteiger partial charge in [-0.15, -0.1) is 0 Å². The first kappa shape index (κ1) is 12.8. The van der Waals surface area contributed by atoms with Gasteiger partial charge in [0.1, 0.15) is 5.82 Å². The van der Waals surface area contributed by atoms with Gasteiger partial charge in [-0.05, 0) is 30.8 Å². The van der Waals surface area contributed by atoms with E-state index < -0.39 is 38.6 Å². The number of alkyl halides is 3. The maximum absolute atomic E-state index is 12.8. The Bertz CT molecular complexity index is 433. The zero-order valence-electron chi connectivity index (χ0n) is 7.84. The van der Waals surface area contributed by atoms with Crippen LogP contribution >= 0.6 is 11.8 Å². The van der Waals surface area contributed by atoms with Gasteiger partial charge in [-0.2, -0.15) is 13.2 Å². The van der Waals surface area contributed by atoms with Crippen LogP contribution in [0.25, 0.3) is 0 Å². The summed E-state index contributed by atoms with van der Waals surface area (Å²) in [6.07, 6.45) is 0. The van der Waals surface area contributed by atoms with E-state index >= 15 is 0 Å². The molecule has 0 amide bonds. The van der Waals surface area contributed by atoms with Crippen LogP contribution in [0.3, 0.4) is 0 Å². The van der Waals surface area contributed by atoms with Crippen molar-refractivity contribution in [2.45, 2.75) is 17.3 Å². The van der Waals surface area contributed by atoms with Crippen molar-refractivity contribution in [2.75, 3.05) is 0 Å². The zero-order chi connectivity index (χ0) is 12.5. The minimum absolute atomic E-state index is 0.142. The summed E-state index contributed by atoms with van der Waals surface area (Å²) >= 11 is -0.698. The van der Waals surface area contributed by atoms with E-state index in [1.807, 2.05) is 0 Å². The fourth-order valence-corrected chi connectivity index (χ4v) is 1.89. The lowest BCUT2D eigenvalue weighted by Gasteiger charge is -2.07. The molecule has 0 heterocycles. The summed E-state index contributed by atoms with van der Waals surface area (Å²) in [6, 6.07) is 1.32. The van der Waals surface area contributed by atoms with Gasteiger partial charge in [0.25, 0.3) is 5.69 Å². The number of nitrogens with zero attached hydrogens (tertiary/aromatic N) is 1. The van der Waals surface area contributed by atoms with Crippen molar-refractivity contribution in [1.82, 2.24) is 0 Å². The fourth-order valence-electron chi connectivity index (χ4n) is 1.14. The quantitative estimate of drug-likeness (QED) is 0.350. The minimum Gasteiger partial charge on any atom is -0.258 e. The molecule has 0 bridgehead atoms. The molecule has 88 valence electrons. The molecule has 0 aliphatic heterocycles. The molecule has 0 saturated carbocycles. The maximum atomic E-state index is 12.8. The monoisotopic (exact) mass is 255 g/mol. The molecule has 0 spiro atoms. The Morgan fingerprint density at radius 3 is 2.38 bits per heavy atom. The molecule has 1 rings (SSSR count). The molecule has 0 aliphatic rings. The van der Waals surface area contributed by atoms with E-state index in [2.05, 4.69) is 0 Å². The number of nitro benzene ring substituents is 1. The molecule has 0 atom stereocenters. The Hall–Kier alpha value is -1.31. The summed E-state index contributed by atoms with van der Waals surface area (Å²) in [4.78, 5) is 8.85. The van der Waals surface area contributed by atoms with Gasteiger partial charge in [0.05, 0.1) is 9.82 Å². The lowest BCUT2D eigenvalue weighted by atomic mass is 10.2. The highest BCUT2D eigenvalue weighted by Gasteiger charge is 2.34. The third-order valence-electron chi connectivity index (χ3n) is 1.64. The molecule has 0 unspecified atom stereocenters. The van der Waals surface area contributed by atoms with Crippen molar-refractivity contribution >= 4 is 17.4 Å². The van der Waals surface area contributed by atoms with E-state index in [4.69, 9.17) is 0 Å². The normalized spacial score (nSPS) is 11.6. The second kappa shape index (κ2) is 4.28. The summed E-state index contributed by atoms with van der Waals surface area (Å²) in [6.45, 7) is 1.18. The SMILES string of the molecule is Cc1cc(F)cc(SC(F)(F)F)c1[N+](=O)[O-]. The van der Waals surface area contributed by atoms with Crippen LogP contribution in [-0.4, -0.2) is 10.4 Å². The first-order chi connectivity index (χ1) is 7.20. The highest BCUT2D eigenvalue weighted by Crippen LogP contribution is 2.42. The molecule has 1 aromatic carbocycles. The largest absolute Gasteiger partial charge is 0.446 e. The number of hydrogen-bond acceptors (Lipinski definition) is 3. The molecule has 3 nitrogen and oxygen atoms in total. The summed E-state index contributed by atoms with van der Waals surface area (Å²) in [5, 5.41) is 10.5. The van der Waals surface area contributed by atoms with E-state index in [9.17, 15) is 27.7 Å². The van der Waals surface area contributed by atoms with Crippen molar-refractivity contribution < 1.29 is 22.5 Å². The first-order valence-corrected chi connectivity index (χ1v) is 4.72. The summed E-state index contributed by atoms with van der Waals surface area (Å²) < 4.78 is 49.0. The molecule has 0 N–H and O–H groups in total. The Morgan fingerprint density at radius 1 is 1.38 bits per heavy atom. The number of aryl methyl sites for hydroxylation is 1. The fraction of sp³-hybridized carbons (Fsp3) is 0.250. The maximum Gasteiger partial charge on any atom is 0.446 e. The predicted molar refractivity (Wildman–Crippen MR) is 49.7 cm³/mol. The van der Waals surface area contributed by atoms with Gasteiger partial charge in [0.2, 0.25) is 0 Å². The highest BCUT2D eigenvalue weighted by molar-refractivity contribution is 8.00. The third-order valence-corrected chi connectivity index (χ3v) is 2.40. The standard InChI is InChI=1S/C8H5F4NO2S/c1-4-2-5(9)3-6(7(4)13(14)15)16-8(10,11)12/h2-3H,1H3. The van der Waals surface area contributed by atoms with E-state index in [0.29, 0.717) is 6.07 Å². The Labute approximate surface area is 91.6 Å². The molecule has 0 fully saturated rings. The number of thioether (sulfide) groups is 1. The Kier molecular flexibility index (Phi) is 3.41. The van der Waals surface area contributed by atoms with Gasteiger partial charge in [0, 0.05) is 5.56 Å². The third kappa shape index (κ3) is 3.09. The second-order valence-electron chi connectivity index (χ2n) is 2.87. The molecule has 8 heteroatoms. The van der Waals surface area contributed by atoms with Gasteiger partial charge in [-0.1, -0.05) is 0 Å². The van der Waals surface area contributed by atoms with E-state index in [1.165, 1.54) is 6.92 Å². The van der Waals surface area contributed by atoms with E-state index in [-0.39, 0.29) is 5.56 Å². The molecule has 0 radical (unpaired) electrons. The van der Waals surface area contributed by atoms with Crippen molar-refractivity contribution in [3.8, 4) is 0 Å². The molecular weight excluding hydrogens is 250 g/mol. The molecule has 16 heavy (non-hydrogen) atoms. The average molecular weight is 255 g/mol. The van der Waals surface area contributed by atoms with Gasteiger partial charge < -0.3 is 0 Å². The molecule has 0 aromatic heterocycles. The average Bonchev–Trinajstić information content (AvgIpc) is 1.96. The van der Waals surface area contributed by atoms with Crippen molar-refractivity contribution in [3.63, 3.8) is 0 Å². The molecule has 0 saturated heterocycles. The number of benzene rings is 1. The minimum atomic E-state index is -4.69. The Balaban J connectivity index is 3.30. The van der Waals surface area contributed by atoms with Gasteiger partial charge in [-0.25, -0.2) is 4.39 Å². The lowest BCUT2D eigenvalue weighted by molar-refractivity contribution is -0.388. The highest BCUT2D eigenvalue weighted by atomic mass is 32.2. The number of hydrogen-bond donors (Lipinski definition) is 0. The topological polar surface area (TPSA) is 43.1 Å². The molecule has 1 aromatic rings. The number of rotatable bonds is 2. The van der Waals surface area contributed by atoms with Crippen LogP contribution < -0.4 is 0 Å². The van der Waals surface area contributed by atoms with Crippen LogP contribution in [0, 0.1) is 22.9 Å². The van der Waals surface area contributed by atoms with Crippen LogP contribution in [0.1, 0.15) is 5.56 Å². The lowest BCUT2D eigenvalue weighted by Crippen LogP contribution is -2.03.